The topological polar surface area (TPSA) is 9.23 Å². The van der Waals surface area contributed by atoms with Gasteiger partial charge < -0.3 is 17.7 Å². The molecule has 0 aliphatic heterocycles. The van der Waals surface area contributed by atoms with E-state index in [1.54, 1.807) is 13.0 Å². The van der Waals surface area contributed by atoms with E-state index in [1.807, 2.05) is 0 Å². The Labute approximate surface area is 163 Å². The average Bonchev–Trinajstić information content (AvgIpc) is 2.38. The van der Waals surface area contributed by atoms with Crippen LogP contribution in [0.4, 0.5) is 17.3 Å². The molecule has 2 aromatic carbocycles. The predicted octanol–water partition coefficient (Wildman–Crippen LogP) is 0.772. The Kier molecular flexibility index (Phi) is 6.93. The summed E-state index contributed by atoms with van der Waals surface area (Å²) in [5.74, 6) is -0.773. The fourth-order valence-electron chi connectivity index (χ4n) is 1.83. The van der Waals surface area contributed by atoms with Gasteiger partial charge in [-0.15, -0.1) is 0 Å². The van der Waals surface area contributed by atoms with Gasteiger partial charge in [-0.05, 0) is 19.1 Å². The molecule has 0 heterocycles. The van der Waals surface area contributed by atoms with Gasteiger partial charge in [-0.3, -0.25) is 0 Å². The predicted molar refractivity (Wildman–Crippen MR) is 70.6 cm³/mol. The van der Waals surface area contributed by atoms with E-state index in [0.29, 0.717) is 5.56 Å². The Bertz CT molecular complexity index is 616. The first-order chi connectivity index (χ1) is 9.38. The van der Waals surface area contributed by atoms with Gasteiger partial charge in [0.15, 0.2) is 0 Å². The van der Waals surface area contributed by atoms with E-state index in [-0.39, 0.29) is 69.3 Å². The van der Waals surface area contributed by atoms with Crippen LogP contribution >= 0.6 is 0 Å². The summed E-state index contributed by atoms with van der Waals surface area (Å²) in [6, 6.07) is 9.66. The molecule has 0 saturated carbocycles. The van der Waals surface area contributed by atoms with Crippen LogP contribution in [-0.2, 0) is 6.61 Å². The second-order valence-electron chi connectivity index (χ2n) is 4.50. The Morgan fingerprint density at radius 1 is 1.05 bits per heavy atom. The molecule has 0 bridgehead atoms. The van der Waals surface area contributed by atoms with E-state index >= 15 is 0 Å². The van der Waals surface area contributed by atoms with Crippen LogP contribution in [0.5, 0.6) is 5.75 Å². The molecular formula is C14H12BF4KO. The van der Waals surface area contributed by atoms with Gasteiger partial charge >= 0.3 is 58.4 Å². The van der Waals surface area contributed by atoms with Gasteiger partial charge in [0.2, 0.25) is 0 Å². The zero-order valence-corrected chi connectivity index (χ0v) is 14.9. The summed E-state index contributed by atoms with van der Waals surface area (Å²) in [7, 11) is 0. The van der Waals surface area contributed by atoms with Crippen molar-refractivity contribution in [3.63, 3.8) is 0 Å². The van der Waals surface area contributed by atoms with Crippen LogP contribution in [-0.4, -0.2) is 6.98 Å². The number of benzene rings is 2. The van der Waals surface area contributed by atoms with Crippen molar-refractivity contribution in [3.8, 4) is 5.75 Å². The third-order valence-electron chi connectivity index (χ3n) is 2.86. The Morgan fingerprint density at radius 2 is 1.71 bits per heavy atom. The van der Waals surface area contributed by atoms with E-state index in [1.165, 1.54) is 30.3 Å². The maximum Gasteiger partial charge on any atom is 1.00 e. The second-order valence-corrected chi connectivity index (χ2v) is 4.50. The van der Waals surface area contributed by atoms with Gasteiger partial charge in [0, 0.05) is 5.56 Å². The normalized spacial score (nSPS) is 10.9. The zero-order chi connectivity index (χ0) is 14.8. The molecule has 0 spiro atoms. The fraction of sp³-hybridized carbons (Fsp3) is 0.143. The van der Waals surface area contributed by atoms with Crippen molar-refractivity contribution in [1.82, 2.24) is 0 Å². The quantitative estimate of drug-likeness (QED) is 0.597. The minimum absolute atomic E-state index is 0. The molecule has 106 valence electrons. The minimum Gasteiger partial charge on any atom is -0.492 e. The SMILES string of the molecule is Cc1ccc(OCc2ccccc2F)c([B-](F)(F)F)c1.[K+]. The first-order valence-corrected chi connectivity index (χ1v) is 6.04. The Balaban J connectivity index is 0.00000220. The largest absolute Gasteiger partial charge is 1.00 e. The minimum atomic E-state index is -5.17. The molecule has 21 heavy (non-hydrogen) atoms. The van der Waals surface area contributed by atoms with Crippen molar-refractivity contribution in [2.75, 3.05) is 0 Å². The molecular weight excluding hydrogens is 310 g/mol. The molecule has 2 rings (SSSR count). The third-order valence-corrected chi connectivity index (χ3v) is 2.86. The summed E-state index contributed by atoms with van der Waals surface area (Å²) in [5.41, 5.74) is -0.0764. The van der Waals surface area contributed by atoms with Gasteiger partial charge in [-0.1, -0.05) is 41.4 Å². The molecule has 2 aromatic rings. The smallest absolute Gasteiger partial charge is 0.492 e. The van der Waals surface area contributed by atoms with Crippen LogP contribution in [0.2, 0.25) is 0 Å². The molecule has 0 N–H and O–H groups in total. The monoisotopic (exact) mass is 322 g/mol. The average molecular weight is 322 g/mol. The van der Waals surface area contributed by atoms with Crippen molar-refractivity contribution >= 4 is 12.4 Å². The third kappa shape index (κ3) is 5.10. The van der Waals surface area contributed by atoms with Crippen LogP contribution in [0.25, 0.3) is 0 Å². The number of hydrogen-bond acceptors (Lipinski definition) is 1. The summed E-state index contributed by atoms with van der Waals surface area (Å²) in [4.78, 5) is 0. The van der Waals surface area contributed by atoms with Crippen molar-refractivity contribution in [2.24, 2.45) is 0 Å². The van der Waals surface area contributed by atoms with Crippen molar-refractivity contribution in [1.29, 1.82) is 0 Å². The molecule has 1 nitrogen and oxygen atoms in total. The number of aryl methyl sites for hydroxylation is 1. The molecule has 0 radical (unpaired) electrons. The van der Waals surface area contributed by atoms with Gasteiger partial charge in [-0.25, -0.2) is 4.39 Å². The van der Waals surface area contributed by atoms with Gasteiger partial charge in [-0.2, -0.15) is 0 Å². The maximum atomic E-state index is 13.4. The number of ether oxygens (including phenoxy) is 1. The summed E-state index contributed by atoms with van der Waals surface area (Å²) < 4.78 is 57.4. The van der Waals surface area contributed by atoms with Crippen molar-refractivity contribution in [3.05, 3.63) is 59.4 Å². The Hall–Kier alpha value is -0.339. The summed E-state index contributed by atoms with van der Waals surface area (Å²) in [6.07, 6.45) is 0. The molecule has 0 aliphatic carbocycles. The van der Waals surface area contributed by atoms with E-state index in [0.717, 1.165) is 6.07 Å². The fourth-order valence-corrected chi connectivity index (χ4v) is 1.83. The van der Waals surface area contributed by atoms with Gasteiger partial charge in [0.1, 0.15) is 12.4 Å². The first-order valence-electron chi connectivity index (χ1n) is 6.04. The zero-order valence-electron chi connectivity index (χ0n) is 11.7. The molecule has 0 unspecified atom stereocenters. The molecule has 7 heteroatoms. The van der Waals surface area contributed by atoms with Crippen LogP contribution in [0.15, 0.2) is 42.5 Å². The summed E-state index contributed by atoms with van der Waals surface area (Å²) in [5, 5.41) is 0. The molecule has 0 aromatic heterocycles. The van der Waals surface area contributed by atoms with E-state index in [2.05, 4.69) is 0 Å². The van der Waals surface area contributed by atoms with Crippen LogP contribution in [0, 0.1) is 12.7 Å². The van der Waals surface area contributed by atoms with Crippen LogP contribution in [0.3, 0.4) is 0 Å². The summed E-state index contributed by atoms with van der Waals surface area (Å²) in [6.45, 7) is -3.83. The first kappa shape index (κ1) is 18.7. The molecule has 0 saturated heterocycles. The second kappa shape index (κ2) is 7.78. The Morgan fingerprint density at radius 3 is 2.33 bits per heavy atom. The molecule has 0 atom stereocenters. The van der Waals surface area contributed by atoms with E-state index in [4.69, 9.17) is 4.74 Å². The summed E-state index contributed by atoms with van der Waals surface area (Å²) >= 11 is 0. The van der Waals surface area contributed by atoms with E-state index in [9.17, 15) is 17.3 Å². The van der Waals surface area contributed by atoms with E-state index < -0.39 is 18.3 Å². The molecule has 0 fully saturated rings. The standard InChI is InChI=1S/C14H12BF4O.K/c1-10-6-7-14(12(8-10)15(17,18)19)20-9-11-4-2-3-5-13(11)16;/h2-8H,9H2,1H3;/q-1;+1. The molecule has 0 aliphatic rings. The number of halogens is 4. The van der Waals surface area contributed by atoms with Gasteiger partial charge in [0.25, 0.3) is 0 Å². The van der Waals surface area contributed by atoms with Crippen molar-refractivity contribution < 1.29 is 73.5 Å². The maximum absolute atomic E-state index is 13.4. The molecule has 0 amide bonds. The number of rotatable bonds is 4. The van der Waals surface area contributed by atoms with Crippen LogP contribution in [0.1, 0.15) is 11.1 Å². The van der Waals surface area contributed by atoms with Crippen LogP contribution < -0.4 is 61.6 Å². The number of hydrogen-bond donors (Lipinski definition) is 0. The van der Waals surface area contributed by atoms with Crippen molar-refractivity contribution in [2.45, 2.75) is 13.5 Å². The van der Waals surface area contributed by atoms with Gasteiger partial charge in [0.05, 0.1) is 5.75 Å².